The van der Waals surface area contributed by atoms with E-state index in [1.165, 1.54) is 27.1 Å². The highest BCUT2D eigenvalue weighted by Crippen LogP contribution is 2.30. The monoisotopic (exact) mass is 334 g/mol. The van der Waals surface area contributed by atoms with Gasteiger partial charge in [-0.25, -0.2) is 0 Å². The Labute approximate surface area is 143 Å². The Balaban J connectivity index is 1.86. The lowest BCUT2D eigenvalue weighted by Crippen LogP contribution is -2.39. The van der Waals surface area contributed by atoms with Crippen LogP contribution in [0.25, 0.3) is 0 Å². The van der Waals surface area contributed by atoms with E-state index in [1.54, 1.807) is 11.8 Å². The Morgan fingerprint density at radius 3 is 2.22 bits per heavy atom. The van der Waals surface area contributed by atoms with Gasteiger partial charge in [-0.05, 0) is 62.8 Å². The highest BCUT2D eigenvalue weighted by Gasteiger charge is 2.18. The van der Waals surface area contributed by atoms with Gasteiger partial charge in [0.15, 0.2) is 0 Å². The molecular formula is C18H26N2O2S. The minimum atomic E-state index is -0.0829. The predicted molar refractivity (Wildman–Crippen MR) is 94.9 cm³/mol. The normalized spacial score (nSPS) is 14.2. The molecule has 4 nitrogen and oxygen atoms in total. The lowest BCUT2D eigenvalue weighted by Gasteiger charge is -2.16. The van der Waals surface area contributed by atoms with Crippen LogP contribution in [0, 0.1) is 27.7 Å². The highest BCUT2D eigenvalue weighted by atomic mass is 32.2. The summed E-state index contributed by atoms with van der Waals surface area (Å²) in [5, 5.41) is 2.75. The molecule has 126 valence electrons. The van der Waals surface area contributed by atoms with Crippen molar-refractivity contribution in [3.8, 4) is 0 Å². The van der Waals surface area contributed by atoms with Crippen molar-refractivity contribution in [3.05, 3.63) is 28.3 Å². The predicted octanol–water partition coefficient (Wildman–Crippen LogP) is 2.75. The van der Waals surface area contributed by atoms with Crippen LogP contribution in [0.4, 0.5) is 0 Å². The van der Waals surface area contributed by atoms with E-state index in [4.69, 9.17) is 0 Å². The second kappa shape index (κ2) is 7.86. The lowest BCUT2D eigenvalue weighted by atomic mass is 10.0. The van der Waals surface area contributed by atoms with Crippen molar-refractivity contribution in [2.24, 2.45) is 0 Å². The fraction of sp³-hybridized carbons (Fsp3) is 0.556. The van der Waals surface area contributed by atoms with Crippen molar-refractivity contribution in [1.82, 2.24) is 10.2 Å². The molecule has 1 heterocycles. The van der Waals surface area contributed by atoms with Crippen LogP contribution >= 0.6 is 11.8 Å². The number of nitrogens with one attached hydrogen (secondary N) is 1. The largest absolute Gasteiger partial charge is 0.346 e. The third kappa shape index (κ3) is 4.50. The number of carbonyl (C=O) groups is 2. The zero-order valence-corrected chi connectivity index (χ0v) is 15.3. The molecule has 0 atom stereocenters. The van der Waals surface area contributed by atoms with Crippen LogP contribution in [0.3, 0.4) is 0 Å². The van der Waals surface area contributed by atoms with Gasteiger partial charge in [-0.1, -0.05) is 6.07 Å². The zero-order chi connectivity index (χ0) is 17.0. The van der Waals surface area contributed by atoms with E-state index < -0.39 is 0 Å². The summed E-state index contributed by atoms with van der Waals surface area (Å²) in [7, 11) is 0. The summed E-state index contributed by atoms with van der Waals surface area (Å²) in [6.07, 6.45) is 2.14. The number of hydrogen-bond acceptors (Lipinski definition) is 3. The minimum absolute atomic E-state index is 0.0274. The smallest absolute Gasteiger partial charge is 0.241 e. The molecule has 1 aliphatic rings. The number of likely N-dealkylation sites (tertiary alicyclic amines) is 1. The van der Waals surface area contributed by atoms with Crippen LogP contribution in [0.5, 0.6) is 0 Å². The number of amides is 2. The Morgan fingerprint density at radius 2 is 1.65 bits per heavy atom. The molecule has 1 aromatic carbocycles. The standard InChI is InChI=1S/C18H26N2O2S/c1-12-9-13(2)15(4)18(14(12)3)23-11-16(21)19-10-17(22)20-7-5-6-8-20/h9H,5-8,10-11H2,1-4H3,(H,19,21). The number of benzene rings is 1. The molecule has 1 N–H and O–H groups in total. The van der Waals surface area contributed by atoms with E-state index >= 15 is 0 Å². The maximum Gasteiger partial charge on any atom is 0.241 e. The lowest BCUT2D eigenvalue weighted by molar-refractivity contribution is -0.131. The van der Waals surface area contributed by atoms with Crippen molar-refractivity contribution in [2.45, 2.75) is 45.4 Å². The summed E-state index contributed by atoms with van der Waals surface area (Å²) >= 11 is 1.56. The van der Waals surface area contributed by atoms with Crippen molar-refractivity contribution in [2.75, 3.05) is 25.4 Å². The Bertz CT molecular complexity index is 581. The summed E-state index contributed by atoms with van der Waals surface area (Å²) in [5.74, 6) is 0.290. The van der Waals surface area contributed by atoms with E-state index in [0.717, 1.165) is 25.9 Å². The molecule has 1 aliphatic heterocycles. The van der Waals surface area contributed by atoms with Gasteiger partial charge in [0.05, 0.1) is 12.3 Å². The van der Waals surface area contributed by atoms with Gasteiger partial charge in [0.1, 0.15) is 0 Å². The minimum Gasteiger partial charge on any atom is -0.346 e. The number of rotatable bonds is 5. The molecule has 1 fully saturated rings. The third-order valence-electron chi connectivity index (χ3n) is 4.54. The molecule has 1 saturated heterocycles. The van der Waals surface area contributed by atoms with E-state index in [2.05, 4.69) is 39.1 Å². The van der Waals surface area contributed by atoms with Gasteiger partial charge in [0.25, 0.3) is 0 Å². The Morgan fingerprint density at radius 1 is 1.09 bits per heavy atom. The number of hydrogen-bond donors (Lipinski definition) is 1. The molecule has 0 aromatic heterocycles. The summed E-state index contributed by atoms with van der Waals surface area (Å²) in [6.45, 7) is 10.2. The SMILES string of the molecule is Cc1cc(C)c(C)c(SCC(=O)NCC(=O)N2CCCC2)c1C. The first-order valence-corrected chi connectivity index (χ1v) is 9.13. The molecule has 0 aliphatic carbocycles. The second-order valence-corrected chi connectivity index (χ2v) is 7.23. The van der Waals surface area contributed by atoms with Crippen LogP contribution < -0.4 is 5.32 Å². The number of carbonyl (C=O) groups excluding carboxylic acids is 2. The van der Waals surface area contributed by atoms with Crippen molar-refractivity contribution < 1.29 is 9.59 Å². The highest BCUT2D eigenvalue weighted by molar-refractivity contribution is 8.00. The maximum absolute atomic E-state index is 12.0. The molecule has 0 bridgehead atoms. The van der Waals surface area contributed by atoms with Gasteiger partial charge in [0, 0.05) is 18.0 Å². The molecule has 0 radical (unpaired) electrons. The maximum atomic E-state index is 12.0. The van der Waals surface area contributed by atoms with E-state index in [9.17, 15) is 9.59 Å². The summed E-state index contributed by atoms with van der Waals surface area (Å²) in [4.78, 5) is 27.0. The van der Waals surface area contributed by atoms with Crippen LogP contribution in [0.15, 0.2) is 11.0 Å². The van der Waals surface area contributed by atoms with Gasteiger partial charge < -0.3 is 10.2 Å². The first-order valence-electron chi connectivity index (χ1n) is 8.15. The number of nitrogens with zero attached hydrogens (tertiary/aromatic N) is 1. The van der Waals surface area contributed by atoms with E-state index in [1.807, 2.05) is 4.90 Å². The average Bonchev–Trinajstić information content (AvgIpc) is 3.05. The van der Waals surface area contributed by atoms with Gasteiger partial charge in [-0.15, -0.1) is 11.8 Å². The van der Waals surface area contributed by atoms with Gasteiger partial charge in [-0.2, -0.15) is 0 Å². The molecule has 0 saturated carbocycles. The van der Waals surface area contributed by atoms with E-state index in [0.29, 0.717) is 5.75 Å². The Kier molecular flexibility index (Phi) is 6.10. The molecule has 5 heteroatoms. The Hall–Kier alpha value is -1.49. The molecule has 1 aromatic rings. The zero-order valence-electron chi connectivity index (χ0n) is 14.5. The third-order valence-corrected chi connectivity index (χ3v) is 5.85. The van der Waals surface area contributed by atoms with Crippen LogP contribution in [-0.4, -0.2) is 42.1 Å². The van der Waals surface area contributed by atoms with E-state index in [-0.39, 0.29) is 18.4 Å². The summed E-state index contributed by atoms with van der Waals surface area (Å²) < 4.78 is 0. The van der Waals surface area contributed by atoms with Gasteiger partial charge >= 0.3 is 0 Å². The van der Waals surface area contributed by atoms with Crippen LogP contribution in [-0.2, 0) is 9.59 Å². The molecule has 0 spiro atoms. The summed E-state index contributed by atoms with van der Waals surface area (Å²) in [6, 6.07) is 2.18. The van der Waals surface area contributed by atoms with Crippen molar-refractivity contribution in [3.63, 3.8) is 0 Å². The molecule has 23 heavy (non-hydrogen) atoms. The molecule has 2 rings (SSSR count). The number of thioether (sulfide) groups is 1. The fourth-order valence-electron chi connectivity index (χ4n) is 2.84. The molecule has 2 amide bonds. The first-order chi connectivity index (χ1) is 10.9. The molecule has 0 unspecified atom stereocenters. The second-order valence-electron chi connectivity index (χ2n) is 6.24. The number of aryl methyl sites for hydroxylation is 2. The fourth-order valence-corrected chi connectivity index (χ4v) is 3.97. The first kappa shape index (κ1) is 17.9. The van der Waals surface area contributed by atoms with Gasteiger partial charge in [0.2, 0.25) is 11.8 Å². The topological polar surface area (TPSA) is 49.4 Å². The van der Waals surface area contributed by atoms with Crippen LogP contribution in [0.2, 0.25) is 0 Å². The average molecular weight is 334 g/mol. The van der Waals surface area contributed by atoms with Crippen molar-refractivity contribution >= 4 is 23.6 Å². The molecular weight excluding hydrogens is 308 g/mol. The quantitative estimate of drug-likeness (QED) is 0.843. The van der Waals surface area contributed by atoms with Crippen LogP contribution in [0.1, 0.15) is 35.1 Å². The van der Waals surface area contributed by atoms with Gasteiger partial charge in [-0.3, -0.25) is 9.59 Å². The van der Waals surface area contributed by atoms with Crippen molar-refractivity contribution in [1.29, 1.82) is 0 Å². The summed E-state index contributed by atoms with van der Waals surface area (Å²) in [5.41, 5.74) is 4.97.